The molecule has 1 heterocycles. The van der Waals surface area contributed by atoms with Crippen molar-refractivity contribution in [3.05, 3.63) is 72.6 Å². The Hall–Kier alpha value is -0.471. The zero-order chi connectivity index (χ0) is 13.1. The quantitative estimate of drug-likeness (QED) is 0.675. The average Bonchev–Trinajstić information content (AvgIpc) is 2.47. The maximum absolute atomic E-state index is 9.85. The fraction of sp³-hybridized carbons (Fsp3) is 0.235. The Morgan fingerprint density at radius 1 is 1.00 bits per heavy atom. The second-order valence-corrected chi connectivity index (χ2v) is 4.99. The molecule has 2 aromatic carbocycles. The van der Waals surface area contributed by atoms with Gasteiger partial charge < -0.3 is 17.1 Å². The van der Waals surface area contributed by atoms with Crippen LogP contribution < -0.4 is 5.46 Å². The molecule has 0 atom stereocenters. The van der Waals surface area contributed by atoms with Crippen molar-refractivity contribution >= 4 is 12.6 Å². The monoisotopic (exact) mass is 356 g/mol. The van der Waals surface area contributed by atoms with E-state index in [4.69, 9.17) is 4.65 Å². The molecule has 2 nitrogen and oxygen atoms in total. The van der Waals surface area contributed by atoms with Gasteiger partial charge in [0, 0.05) is 39.3 Å². The van der Waals surface area contributed by atoms with Gasteiger partial charge in [0.15, 0.2) is 0 Å². The topological polar surface area (TPSA) is 29.5 Å². The predicted molar refractivity (Wildman–Crippen MR) is 84.0 cm³/mol. The third-order valence-corrected chi connectivity index (χ3v) is 3.67. The van der Waals surface area contributed by atoms with Crippen molar-refractivity contribution in [3.8, 4) is 0 Å². The molecular formula is C17H20BO2Y-. The van der Waals surface area contributed by atoms with Crippen LogP contribution in [0.3, 0.4) is 0 Å². The van der Waals surface area contributed by atoms with Gasteiger partial charge in [-0.25, -0.2) is 0 Å². The molecule has 1 N–H and O–H groups in total. The molecule has 0 aromatic heterocycles. The van der Waals surface area contributed by atoms with E-state index in [0.29, 0.717) is 6.61 Å². The van der Waals surface area contributed by atoms with Crippen LogP contribution in [0.1, 0.15) is 16.7 Å². The molecule has 0 spiro atoms. The molecule has 3 rings (SSSR count). The summed E-state index contributed by atoms with van der Waals surface area (Å²) < 4.78 is 5.28. The van der Waals surface area contributed by atoms with Gasteiger partial charge >= 0.3 is 7.12 Å². The van der Waals surface area contributed by atoms with E-state index in [1.165, 1.54) is 16.7 Å². The van der Waals surface area contributed by atoms with Gasteiger partial charge in [0.25, 0.3) is 0 Å². The minimum absolute atomic E-state index is 0. The molecule has 1 aliphatic rings. The van der Waals surface area contributed by atoms with Crippen LogP contribution >= 0.6 is 0 Å². The van der Waals surface area contributed by atoms with Gasteiger partial charge in [-0.05, 0) is 41.4 Å². The van der Waals surface area contributed by atoms with Crippen LogP contribution in [0.2, 0.25) is 0 Å². The van der Waals surface area contributed by atoms with Gasteiger partial charge in [0.1, 0.15) is 0 Å². The summed E-state index contributed by atoms with van der Waals surface area (Å²) in [6, 6.07) is 16.9. The number of hydrogen-bond donors (Lipinski definition) is 1. The summed E-state index contributed by atoms with van der Waals surface area (Å²) in [5.74, 6) is 0. The first-order chi connectivity index (χ1) is 9.33. The largest absolute Gasteiger partial charge is 0.491 e. The number of benzene rings is 2. The summed E-state index contributed by atoms with van der Waals surface area (Å²) in [5.41, 5.74) is 4.75. The molecule has 0 fully saturated rings. The first-order valence-corrected chi connectivity index (χ1v) is 6.78. The van der Waals surface area contributed by atoms with Gasteiger partial charge in [-0.3, -0.25) is 0 Å². The fourth-order valence-electron chi connectivity index (χ4n) is 2.56. The van der Waals surface area contributed by atoms with E-state index in [0.717, 1.165) is 24.7 Å². The van der Waals surface area contributed by atoms with Crippen LogP contribution in [0.15, 0.2) is 48.5 Å². The first-order valence-electron chi connectivity index (χ1n) is 6.78. The van der Waals surface area contributed by atoms with Gasteiger partial charge in [-0.2, -0.15) is 0 Å². The Morgan fingerprint density at radius 2 is 1.71 bits per heavy atom. The van der Waals surface area contributed by atoms with E-state index in [-0.39, 0.29) is 40.1 Å². The smallest absolute Gasteiger partial charge is 0.423 e. The van der Waals surface area contributed by atoms with Crippen LogP contribution in [0.25, 0.3) is 0 Å². The molecule has 0 saturated carbocycles. The van der Waals surface area contributed by atoms with Crippen LogP contribution in [0.4, 0.5) is 0 Å². The minimum atomic E-state index is -0.750. The van der Waals surface area contributed by atoms with Crippen LogP contribution in [-0.2, 0) is 56.6 Å². The molecule has 0 bridgehead atoms. The zero-order valence-corrected chi connectivity index (χ0v) is 15.3. The predicted octanol–water partition coefficient (Wildman–Crippen LogP) is 2.18. The maximum Gasteiger partial charge on any atom is 0.491 e. The van der Waals surface area contributed by atoms with E-state index < -0.39 is 7.12 Å². The van der Waals surface area contributed by atoms with E-state index in [1.807, 2.05) is 6.07 Å². The van der Waals surface area contributed by atoms with E-state index >= 15 is 0 Å². The Kier molecular flexibility index (Phi) is 7.83. The Bertz CT molecular complexity index is 560. The number of fused-ring (bicyclic) bond motifs is 1. The SMILES string of the molecule is OB1OCCc2ccc(CCc3ccccc3)cc21.[CH3-].[Y]. The molecule has 21 heavy (non-hydrogen) atoms. The zero-order valence-electron chi connectivity index (χ0n) is 12.5. The molecule has 4 heteroatoms. The third-order valence-electron chi connectivity index (χ3n) is 3.67. The minimum Gasteiger partial charge on any atom is -0.423 e. The molecule has 1 radical (unpaired) electrons. The summed E-state index contributed by atoms with van der Waals surface area (Å²) in [6.45, 7) is 0.609. The van der Waals surface area contributed by atoms with Crippen LogP contribution in [-0.4, -0.2) is 18.7 Å². The second kappa shape index (κ2) is 8.85. The van der Waals surface area contributed by atoms with Gasteiger partial charge in [0.2, 0.25) is 0 Å². The van der Waals surface area contributed by atoms with Crippen molar-refractivity contribution in [2.75, 3.05) is 6.61 Å². The number of hydrogen-bond acceptors (Lipinski definition) is 2. The van der Waals surface area contributed by atoms with Gasteiger partial charge in [-0.15, -0.1) is 0 Å². The van der Waals surface area contributed by atoms with Crippen LogP contribution in [0.5, 0.6) is 0 Å². The van der Waals surface area contributed by atoms with E-state index in [2.05, 4.69) is 42.5 Å². The molecule has 0 saturated heterocycles. The summed E-state index contributed by atoms with van der Waals surface area (Å²) >= 11 is 0. The normalized spacial score (nSPS) is 12.9. The number of rotatable bonds is 3. The molecule has 0 unspecified atom stereocenters. The summed E-state index contributed by atoms with van der Waals surface area (Å²) in [4.78, 5) is 0. The summed E-state index contributed by atoms with van der Waals surface area (Å²) in [7, 11) is -0.750. The second-order valence-electron chi connectivity index (χ2n) is 4.99. The van der Waals surface area contributed by atoms with Gasteiger partial charge in [0.05, 0.1) is 0 Å². The first kappa shape index (κ1) is 18.6. The third kappa shape index (κ3) is 4.75. The molecule has 1 aliphatic heterocycles. The Morgan fingerprint density at radius 3 is 2.48 bits per heavy atom. The van der Waals surface area contributed by atoms with Crippen LogP contribution in [0, 0.1) is 7.43 Å². The fourth-order valence-corrected chi connectivity index (χ4v) is 2.56. The average molecular weight is 356 g/mol. The standard InChI is InChI=1S/C16H17BO2.CH3.Y/c18-17-16-12-14(8-9-15(16)10-11-19-17)7-6-13-4-2-1-3-5-13;;/h1-5,8-9,12,18H,6-7,10-11H2;1H3;/q;-1;. The van der Waals surface area contributed by atoms with Crippen molar-refractivity contribution in [1.82, 2.24) is 0 Å². The van der Waals surface area contributed by atoms with Crippen molar-refractivity contribution in [3.63, 3.8) is 0 Å². The molecular weight excluding hydrogens is 336 g/mol. The van der Waals surface area contributed by atoms with E-state index in [9.17, 15) is 5.02 Å². The van der Waals surface area contributed by atoms with Crippen molar-refractivity contribution in [2.24, 2.45) is 0 Å². The number of aryl methyl sites for hydroxylation is 2. The maximum atomic E-state index is 9.85. The molecule has 2 aromatic rings. The van der Waals surface area contributed by atoms with Crippen molar-refractivity contribution < 1.29 is 42.4 Å². The molecule has 0 amide bonds. The van der Waals surface area contributed by atoms with Crippen molar-refractivity contribution in [2.45, 2.75) is 19.3 Å². The molecule has 107 valence electrons. The van der Waals surface area contributed by atoms with Gasteiger partial charge in [-0.1, -0.05) is 48.5 Å². The Labute approximate surface area is 152 Å². The van der Waals surface area contributed by atoms with E-state index in [1.54, 1.807) is 0 Å². The molecule has 0 aliphatic carbocycles. The summed E-state index contributed by atoms with van der Waals surface area (Å²) in [6.07, 6.45) is 2.91. The Balaban J connectivity index is 0.00000110. The van der Waals surface area contributed by atoms with Crippen molar-refractivity contribution in [1.29, 1.82) is 0 Å². The summed E-state index contributed by atoms with van der Waals surface area (Å²) in [5, 5.41) is 9.85.